The van der Waals surface area contributed by atoms with Crippen LogP contribution >= 0.6 is 23.2 Å². The van der Waals surface area contributed by atoms with Crippen LogP contribution in [-0.4, -0.2) is 17.1 Å². The van der Waals surface area contributed by atoms with Crippen molar-refractivity contribution in [3.63, 3.8) is 0 Å². The van der Waals surface area contributed by atoms with Crippen molar-refractivity contribution in [1.82, 2.24) is 0 Å². The summed E-state index contributed by atoms with van der Waals surface area (Å²) in [6.07, 6.45) is 22.2. The number of aliphatic hydroxyl groups is 1. The van der Waals surface area contributed by atoms with Crippen LogP contribution in [0.15, 0.2) is 0 Å². The van der Waals surface area contributed by atoms with Crippen LogP contribution < -0.4 is 0 Å². The molecule has 0 aliphatic carbocycles. The van der Waals surface area contributed by atoms with Crippen LogP contribution in [0.25, 0.3) is 0 Å². The van der Waals surface area contributed by atoms with Gasteiger partial charge in [0.1, 0.15) is 0 Å². The van der Waals surface area contributed by atoms with Crippen molar-refractivity contribution in [3.05, 3.63) is 0 Å². The van der Waals surface area contributed by atoms with E-state index in [1.165, 1.54) is 96.3 Å². The molecule has 0 amide bonds. The average Bonchev–Trinajstić information content (AvgIpc) is 2.52. The SMILES string of the molecule is CCCCCCCCCCCCCCCCCCO.ClCCl. The summed E-state index contributed by atoms with van der Waals surface area (Å²) in [4.78, 5) is 0. The summed E-state index contributed by atoms with van der Waals surface area (Å²) in [7, 11) is 0. The van der Waals surface area contributed by atoms with Crippen molar-refractivity contribution in [2.75, 3.05) is 11.9 Å². The zero-order valence-electron chi connectivity index (χ0n) is 14.9. The molecule has 136 valence electrons. The summed E-state index contributed by atoms with van der Waals surface area (Å²) in [6.45, 7) is 2.66. The summed E-state index contributed by atoms with van der Waals surface area (Å²) in [5.74, 6) is 0. The third-order valence-electron chi connectivity index (χ3n) is 4.01. The van der Waals surface area contributed by atoms with E-state index >= 15 is 0 Å². The Morgan fingerprint density at radius 1 is 0.500 bits per heavy atom. The zero-order valence-corrected chi connectivity index (χ0v) is 16.4. The Morgan fingerprint density at radius 3 is 0.955 bits per heavy atom. The van der Waals surface area contributed by atoms with Gasteiger partial charge in [0.2, 0.25) is 0 Å². The van der Waals surface area contributed by atoms with Crippen LogP contribution in [-0.2, 0) is 0 Å². The van der Waals surface area contributed by atoms with Gasteiger partial charge in [-0.15, -0.1) is 23.2 Å². The number of halogens is 2. The van der Waals surface area contributed by atoms with Crippen LogP contribution in [0.3, 0.4) is 0 Å². The molecule has 0 aromatic carbocycles. The van der Waals surface area contributed by atoms with E-state index in [0.29, 0.717) is 6.61 Å². The van der Waals surface area contributed by atoms with Gasteiger partial charge in [-0.05, 0) is 6.42 Å². The van der Waals surface area contributed by atoms with Crippen molar-refractivity contribution >= 4 is 23.2 Å². The molecule has 0 heterocycles. The molecule has 0 bridgehead atoms. The fourth-order valence-electron chi connectivity index (χ4n) is 2.66. The molecule has 0 saturated carbocycles. The molecule has 0 rings (SSSR count). The first kappa shape index (κ1) is 24.8. The summed E-state index contributed by atoms with van der Waals surface area (Å²) < 4.78 is 0. The van der Waals surface area contributed by atoms with Gasteiger partial charge in [-0.1, -0.05) is 103 Å². The monoisotopic (exact) mass is 354 g/mol. The number of hydrogen-bond donors (Lipinski definition) is 1. The van der Waals surface area contributed by atoms with Gasteiger partial charge >= 0.3 is 0 Å². The fraction of sp³-hybridized carbons (Fsp3) is 1.00. The zero-order chi connectivity index (χ0) is 16.7. The smallest absolute Gasteiger partial charge is 0.0967 e. The number of aliphatic hydroxyl groups excluding tert-OH is 1. The van der Waals surface area contributed by atoms with Crippen LogP contribution in [0.2, 0.25) is 0 Å². The highest BCUT2D eigenvalue weighted by molar-refractivity contribution is 6.40. The van der Waals surface area contributed by atoms with Crippen LogP contribution in [0, 0.1) is 0 Å². The molecular weight excluding hydrogens is 315 g/mol. The minimum atomic E-state index is 0.194. The normalized spacial score (nSPS) is 10.4. The highest BCUT2D eigenvalue weighted by Gasteiger charge is 1.94. The molecule has 1 N–H and O–H groups in total. The summed E-state index contributed by atoms with van der Waals surface area (Å²) in [5.41, 5.74) is 0. The maximum atomic E-state index is 8.67. The molecule has 0 atom stereocenters. The molecule has 0 unspecified atom stereocenters. The number of hydrogen-bond acceptors (Lipinski definition) is 1. The van der Waals surface area contributed by atoms with E-state index in [4.69, 9.17) is 28.3 Å². The standard InChI is InChI=1S/C18H38O.CH2Cl2/c1-2-3-4-5-6-7-8-9-10-11-12-13-14-15-16-17-18-19;2-1-3/h19H,2-18H2,1H3;1H2. The molecular formula is C19H40Cl2O. The van der Waals surface area contributed by atoms with Gasteiger partial charge in [0.25, 0.3) is 0 Å². The minimum Gasteiger partial charge on any atom is -0.396 e. The summed E-state index contributed by atoms with van der Waals surface area (Å²) in [5, 5.41) is 8.86. The molecule has 0 aromatic heterocycles. The Balaban J connectivity index is 0. The quantitative estimate of drug-likeness (QED) is 0.222. The number of alkyl halides is 2. The van der Waals surface area contributed by atoms with Crippen LogP contribution in [0.5, 0.6) is 0 Å². The lowest BCUT2D eigenvalue weighted by atomic mass is 10.0. The van der Waals surface area contributed by atoms with Gasteiger partial charge in [0.05, 0.1) is 5.34 Å². The first-order valence-electron chi connectivity index (χ1n) is 9.56. The average molecular weight is 355 g/mol. The molecule has 0 aromatic rings. The van der Waals surface area contributed by atoms with Crippen molar-refractivity contribution in [2.24, 2.45) is 0 Å². The predicted octanol–water partition coefficient (Wildman–Crippen LogP) is 7.66. The van der Waals surface area contributed by atoms with Gasteiger partial charge in [-0.25, -0.2) is 0 Å². The van der Waals surface area contributed by atoms with Gasteiger partial charge in [-0.3, -0.25) is 0 Å². The van der Waals surface area contributed by atoms with E-state index < -0.39 is 0 Å². The van der Waals surface area contributed by atoms with Crippen molar-refractivity contribution in [1.29, 1.82) is 0 Å². The molecule has 0 aliphatic rings. The molecule has 3 heteroatoms. The lowest BCUT2D eigenvalue weighted by Crippen LogP contribution is -1.85. The molecule has 0 aliphatic heterocycles. The Labute approximate surface area is 150 Å². The van der Waals surface area contributed by atoms with E-state index in [2.05, 4.69) is 6.92 Å². The third kappa shape index (κ3) is 28.7. The lowest BCUT2D eigenvalue weighted by molar-refractivity contribution is 0.282. The second-order valence-corrected chi connectivity index (χ2v) is 6.94. The topological polar surface area (TPSA) is 20.2 Å². The third-order valence-corrected chi connectivity index (χ3v) is 4.01. The van der Waals surface area contributed by atoms with Crippen LogP contribution in [0.4, 0.5) is 0 Å². The molecule has 0 radical (unpaired) electrons. The number of rotatable bonds is 16. The van der Waals surface area contributed by atoms with Crippen LogP contribution in [0.1, 0.15) is 110 Å². The second kappa shape index (κ2) is 26.4. The molecule has 22 heavy (non-hydrogen) atoms. The Kier molecular flexibility index (Phi) is 29.8. The predicted molar refractivity (Wildman–Crippen MR) is 103 cm³/mol. The Bertz CT molecular complexity index is 150. The highest BCUT2D eigenvalue weighted by atomic mass is 35.5. The van der Waals surface area contributed by atoms with Gasteiger partial charge in [0, 0.05) is 6.61 Å². The first-order chi connectivity index (χ1) is 10.8. The Morgan fingerprint density at radius 2 is 0.727 bits per heavy atom. The number of unbranched alkanes of at least 4 members (excludes halogenated alkanes) is 15. The lowest BCUT2D eigenvalue weighted by Gasteiger charge is -2.03. The second-order valence-electron chi connectivity index (χ2n) is 6.13. The van der Waals surface area contributed by atoms with E-state index in [-0.39, 0.29) is 5.34 Å². The summed E-state index contributed by atoms with van der Waals surface area (Å²) >= 11 is 9.53. The largest absolute Gasteiger partial charge is 0.396 e. The van der Waals surface area contributed by atoms with E-state index in [0.717, 1.165) is 6.42 Å². The van der Waals surface area contributed by atoms with Crippen molar-refractivity contribution < 1.29 is 5.11 Å². The first-order valence-corrected chi connectivity index (χ1v) is 10.6. The molecule has 0 fully saturated rings. The maximum absolute atomic E-state index is 8.67. The van der Waals surface area contributed by atoms with Gasteiger partial charge in [-0.2, -0.15) is 0 Å². The van der Waals surface area contributed by atoms with E-state index in [9.17, 15) is 0 Å². The van der Waals surface area contributed by atoms with Crippen molar-refractivity contribution in [3.8, 4) is 0 Å². The van der Waals surface area contributed by atoms with Gasteiger partial charge in [0.15, 0.2) is 0 Å². The van der Waals surface area contributed by atoms with E-state index in [1.807, 2.05) is 0 Å². The Hall–Kier alpha value is 0.540. The minimum absolute atomic E-state index is 0.194. The fourth-order valence-corrected chi connectivity index (χ4v) is 2.66. The van der Waals surface area contributed by atoms with E-state index in [1.54, 1.807) is 0 Å². The highest BCUT2D eigenvalue weighted by Crippen LogP contribution is 2.13. The van der Waals surface area contributed by atoms with Crippen molar-refractivity contribution in [2.45, 2.75) is 110 Å². The molecule has 0 spiro atoms. The maximum Gasteiger partial charge on any atom is 0.0967 e. The molecule has 0 saturated heterocycles. The summed E-state index contributed by atoms with van der Waals surface area (Å²) in [6, 6.07) is 0. The molecule has 1 nitrogen and oxygen atoms in total. The van der Waals surface area contributed by atoms with Gasteiger partial charge < -0.3 is 5.11 Å².